The molecule has 0 aromatic rings. The molecule has 4 nitrogen and oxygen atoms in total. The number of rotatable bonds is 3. The monoisotopic (exact) mass is 201 g/mol. The topological polar surface area (TPSA) is 47.5 Å². The van der Waals surface area contributed by atoms with Crippen molar-refractivity contribution in [3.63, 3.8) is 0 Å². The van der Waals surface area contributed by atoms with E-state index in [2.05, 4.69) is 17.5 Å². The first-order valence-electron chi connectivity index (χ1n) is 3.78. The van der Waals surface area contributed by atoms with Crippen molar-refractivity contribution in [2.45, 2.75) is 0 Å². The van der Waals surface area contributed by atoms with E-state index in [0.717, 1.165) is 5.70 Å². The normalized spacial score (nSPS) is 17.8. The summed E-state index contributed by atoms with van der Waals surface area (Å²) in [5.41, 5.74) is 7.10. The molecule has 0 aromatic carbocycles. The second-order valence-electron chi connectivity index (χ2n) is 2.55. The molecule has 0 amide bonds. The van der Waals surface area contributed by atoms with Gasteiger partial charge in [0.25, 0.3) is 0 Å². The Morgan fingerprint density at radius 3 is 3.00 bits per heavy atom. The fourth-order valence-electron chi connectivity index (χ4n) is 0.972. The summed E-state index contributed by atoms with van der Waals surface area (Å²) in [6, 6.07) is 0. The largest absolute Gasteiger partial charge is 0.390 e. The third kappa shape index (κ3) is 2.24. The van der Waals surface area contributed by atoms with Crippen LogP contribution in [0.15, 0.2) is 35.2 Å². The van der Waals surface area contributed by atoms with E-state index in [-0.39, 0.29) is 6.61 Å². The van der Waals surface area contributed by atoms with E-state index < -0.39 is 0 Å². The standard InChI is InChI=1S/C8H12ClN3O/c1-3-6(9)4-8-7(5-13)10-11-12(8)2/h3-4,10-11,13H,1,5H2,2H3/b6-4+. The molecule has 0 bridgehead atoms. The first kappa shape index (κ1) is 10.1. The summed E-state index contributed by atoms with van der Waals surface area (Å²) >= 11 is 5.78. The van der Waals surface area contributed by atoms with E-state index in [4.69, 9.17) is 16.7 Å². The van der Waals surface area contributed by atoms with Crippen LogP contribution in [-0.2, 0) is 0 Å². The average Bonchev–Trinajstić information content (AvgIpc) is 2.48. The van der Waals surface area contributed by atoms with Gasteiger partial charge in [-0.2, -0.15) is 0 Å². The summed E-state index contributed by atoms with van der Waals surface area (Å²) in [6.07, 6.45) is 3.25. The van der Waals surface area contributed by atoms with Crippen LogP contribution in [0.1, 0.15) is 0 Å². The van der Waals surface area contributed by atoms with Crippen LogP contribution in [0, 0.1) is 0 Å². The third-order valence-electron chi connectivity index (χ3n) is 1.67. The van der Waals surface area contributed by atoms with Crippen LogP contribution >= 0.6 is 11.6 Å². The minimum Gasteiger partial charge on any atom is -0.390 e. The highest BCUT2D eigenvalue weighted by molar-refractivity contribution is 6.31. The lowest BCUT2D eigenvalue weighted by Gasteiger charge is -2.11. The number of aliphatic hydroxyl groups is 1. The van der Waals surface area contributed by atoms with Crippen LogP contribution in [0.4, 0.5) is 0 Å². The molecule has 0 saturated heterocycles. The second kappa shape index (κ2) is 4.32. The molecule has 0 fully saturated rings. The summed E-state index contributed by atoms with van der Waals surface area (Å²) in [7, 11) is 1.81. The van der Waals surface area contributed by atoms with Gasteiger partial charge in [-0.25, -0.2) is 0 Å². The Labute approximate surface area is 82.1 Å². The molecule has 0 spiro atoms. The SMILES string of the molecule is C=C/C(Cl)=C\C1=C(CO)NNN1C. The van der Waals surface area contributed by atoms with Gasteiger partial charge in [-0.15, -0.1) is 5.53 Å². The molecular formula is C8H12ClN3O. The van der Waals surface area contributed by atoms with Gasteiger partial charge in [0.15, 0.2) is 0 Å². The summed E-state index contributed by atoms with van der Waals surface area (Å²) < 4.78 is 0. The fraction of sp³-hybridized carbons (Fsp3) is 0.250. The van der Waals surface area contributed by atoms with Crippen LogP contribution in [0.25, 0.3) is 0 Å². The zero-order chi connectivity index (χ0) is 9.84. The number of aliphatic hydroxyl groups excluding tert-OH is 1. The molecule has 3 N–H and O–H groups in total. The predicted octanol–water partition coefficient (Wildman–Crippen LogP) is 0.454. The Morgan fingerprint density at radius 1 is 1.77 bits per heavy atom. The Hall–Kier alpha value is -0.970. The van der Waals surface area contributed by atoms with Gasteiger partial charge in [0.1, 0.15) is 0 Å². The molecule has 13 heavy (non-hydrogen) atoms. The van der Waals surface area contributed by atoms with Gasteiger partial charge >= 0.3 is 0 Å². The maximum Gasteiger partial charge on any atom is 0.0863 e. The molecule has 0 aromatic heterocycles. The van der Waals surface area contributed by atoms with E-state index in [1.165, 1.54) is 6.08 Å². The van der Waals surface area contributed by atoms with Gasteiger partial charge in [-0.1, -0.05) is 24.3 Å². The number of hydrazine groups is 2. The van der Waals surface area contributed by atoms with Crippen LogP contribution in [0.3, 0.4) is 0 Å². The minimum absolute atomic E-state index is 0.0650. The van der Waals surface area contributed by atoms with Gasteiger partial charge in [-0.3, -0.25) is 5.01 Å². The summed E-state index contributed by atoms with van der Waals surface area (Å²) in [5.74, 6) is 0. The van der Waals surface area contributed by atoms with Crippen molar-refractivity contribution in [2.24, 2.45) is 0 Å². The molecular weight excluding hydrogens is 190 g/mol. The third-order valence-corrected chi connectivity index (χ3v) is 1.94. The minimum atomic E-state index is -0.0650. The van der Waals surface area contributed by atoms with Crippen molar-refractivity contribution in [2.75, 3.05) is 13.7 Å². The highest BCUT2D eigenvalue weighted by Crippen LogP contribution is 2.15. The van der Waals surface area contributed by atoms with E-state index in [9.17, 15) is 0 Å². The van der Waals surface area contributed by atoms with E-state index in [1.807, 2.05) is 7.05 Å². The van der Waals surface area contributed by atoms with Gasteiger partial charge in [0.05, 0.1) is 18.0 Å². The van der Waals surface area contributed by atoms with E-state index >= 15 is 0 Å². The van der Waals surface area contributed by atoms with Gasteiger partial charge in [-0.05, 0) is 6.08 Å². The fourth-order valence-corrected chi connectivity index (χ4v) is 1.08. The maximum absolute atomic E-state index is 8.95. The van der Waals surface area contributed by atoms with Crippen LogP contribution in [-0.4, -0.2) is 23.8 Å². The zero-order valence-corrected chi connectivity index (χ0v) is 8.10. The Morgan fingerprint density at radius 2 is 2.46 bits per heavy atom. The van der Waals surface area contributed by atoms with Gasteiger partial charge in [0.2, 0.25) is 0 Å². The predicted molar refractivity (Wildman–Crippen MR) is 52.3 cm³/mol. The van der Waals surface area contributed by atoms with Crippen molar-refractivity contribution >= 4 is 11.6 Å². The molecule has 0 atom stereocenters. The van der Waals surface area contributed by atoms with Crippen LogP contribution in [0.2, 0.25) is 0 Å². The molecule has 5 heteroatoms. The number of nitrogens with zero attached hydrogens (tertiary/aromatic N) is 1. The molecule has 0 aliphatic carbocycles. The van der Waals surface area contributed by atoms with Crippen LogP contribution < -0.4 is 11.0 Å². The number of nitrogens with one attached hydrogen (secondary N) is 2. The molecule has 1 heterocycles. The lowest BCUT2D eigenvalue weighted by molar-refractivity contribution is 0.297. The average molecular weight is 202 g/mol. The number of likely N-dealkylation sites (N-methyl/N-ethyl adjacent to an activating group) is 1. The molecule has 0 saturated carbocycles. The van der Waals surface area contributed by atoms with E-state index in [1.54, 1.807) is 11.1 Å². The molecule has 72 valence electrons. The number of allylic oxidation sites excluding steroid dienone is 3. The van der Waals surface area contributed by atoms with Gasteiger partial charge in [0, 0.05) is 12.1 Å². The van der Waals surface area contributed by atoms with Crippen molar-refractivity contribution in [1.29, 1.82) is 0 Å². The Balaban J connectivity index is 2.91. The van der Waals surface area contributed by atoms with Crippen molar-refractivity contribution < 1.29 is 5.11 Å². The number of hydrogen-bond acceptors (Lipinski definition) is 4. The Bertz CT molecular complexity index is 273. The quantitative estimate of drug-likeness (QED) is 0.581. The van der Waals surface area contributed by atoms with Crippen molar-refractivity contribution in [3.8, 4) is 0 Å². The molecule has 1 aliphatic heterocycles. The molecule has 1 rings (SSSR count). The lowest BCUT2D eigenvalue weighted by atomic mass is 10.3. The first-order valence-corrected chi connectivity index (χ1v) is 4.16. The highest BCUT2D eigenvalue weighted by Gasteiger charge is 2.15. The number of hydrogen-bond donors (Lipinski definition) is 3. The second-order valence-corrected chi connectivity index (χ2v) is 2.99. The molecule has 0 unspecified atom stereocenters. The van der Waals surface area contributed by atoms with Gasteiger partial charge < -0.3 is 10.5 Å². The lowest BCUT2D eigenvalue weighted by Crippen LogP contribution is -2.34. The van der Waals surface area contributed by atoms with Crippen molar-refractivity contribution in [3.05, 3.63) is 35.2 Å². The van der Waals surface area contributed by atoms with Crippen molar-refractivity contribution in [1.82, 2.24) is 16.0 Å². The maximum atomic E-state index is 8.95. The summed E-state index contributed by atoms with van der Waals surface area (Å²) in [4.78, 5) is 0. The smallest absolute Gasteiger partial charge is 0.0863 e. The highest BCUT2D eigenvalue weighted by atomic mass is 35.5. The Kier molecular flexibility index (Phi) is 3.36. The molecule has 0 radical (unpaired) electrons. The van der Waals surface area contributed by atoms with E-state index in [0.29, 0.717) is 10.7 Å². The summed E-state index contributed by atoms with van der Waals surface area (Å²) in [5, 5.41) is 11.2. The summed E-state index contributed by atoms with van der Waals surface area (Å²) in [6.45, 7) is 3.47. The zero-order valence-electron chi connectivity index (χ0n) is 7.34. The number of halogens is 1. The molecule has 1 aliphatic rings. The van der Waals surface area contributed by atoms with Crippen LogP contribution in [0.5, 0.6) is 0 Å². The first-order chi connectivity index (χ1) is 6.19.